The molecule has 1 saturated heterocycles. The lowest BCUT2D eigenvalue weighted by Gasteiger charge is -2.31. The summed E-state index contributed by atoms with van der Waals surface area (Å²) in [7, 11) is -3.61. The Hall–Kier alpha value is -2.05. The molecule has 7 nitrogen and oxygen atoms in total. The van der Waals surface area contributed by atoms with Gasteiger partial charge in [-0.3, -0.25) is 9.69 Å². The molecule has 1 aliphatic rings. The van der Waals surface area contributed by atoms with Crippen molar-refractivity contribution in [2.75, 3.05) is 18.8 Å². The second-order valence-electron chi connectivity index (χ2n) is 8.46. The van der Waals surface area contributed by atoms with E-state index in [-0.39, 0.29) is 56.5 Å². The van der Waals surface area contributed by atoms with Crippen molar-refractivity contribution in [3.05, 3.63) is 57.1 Å². The summed E-state index contributed by atoms with van der Waals surface area (Å²) in [6, 6.07) is 6.29. The summed E-state index contributed by atoms with van der Waals surface area (Å²) >= 11 is 12.3. The van der Waals surface area contributed by atoms with Crippen LogP contribution in [-0.4, -0.2) is 50.5 Å². The molecule has 1 aliphatic heterocycles. The van der Waals surface area contributed by atoms with Crippen LogP contribution in [0.5, 0.6) is 5.75 Å². The monoisotopic (exact) mass is 567 g/mol. The smallest absolute Gasteiger partial charge is 0.405 e. The maximum absolute atomic E-state index is 13.2. The summed E-state index contributed by atoms with van der Waals surface area (Å²) in [5, 5.41) is 2.71. The molecule has 1 unspecified atom stereocenters. The second-order valence-corrected chi connectivity index (χ2v) is 11.5. The fraction of sp³-hybridized carbons (Fsp3) is 0.435. The first kappa shape index (κ1) is 28.5. The Morgan fingerprint density at radius 2 is 1.97 bits per heavy atom. The highest BCUT2D eigenvalue weighted by atomic mass is 35.5. The van der Waals surface area contributed by atoms with E-state index < -0.39 is 27.9 Å². The molecule has 0 saturated carbocycles. The van der Waals surface area contributed by atoms with Crippen LogP contribution in [0.3, 0.4) is 0 Å². The van der Waals surface area contributed by atoms with E-state index in [9.17, 15) is 26.4 Å². The van der Waals surface area contributed by atoms with Crippen molar-refractivity contribution in [3.63, 3.8) is 0 Å². The third-order valence-corrected chi connectivity index (χ3v) is 8.14. The molecule has 198 valence electrons. The van der Waals surface area contributed by atoms with Crippen LogP contribution in [0.2, 0.25) is 10.0 Å². The minimum Gasteiger partial charge on any atom is -0.405 e. The number of hydrogen-bond donors (Lipinski definition) is 2. The Kier molecular flexibility index (Phi) is 9.16. The van der Waals surface area contributed by atoms with Gasteiger partial charge in [0.15, 0.2) is 9.84 Å². The molecule has 0 aliphatic carbocycles. The Morgan fingerprint density at radius 1 is 1.25 bits per heavy atom. The van der Waals surface area contributed by atoms with Crippen LogP contribution in [0.1, 0.15) is 41.3 Å². The number of carbonyl (C=O) groups excluding carboxylic acids is 1. The average molecular weight is 568 g/mol. The van der Waals surface area contributed by atoms with Gasteiger partial charge in [-0.1, -0.05) is 30.1 Å². The lowest BCUT2D eigenvalue weighted by Crippen LogP contribution is -2.42. The minimum atomic E-state index is -5.00. The van der Waals surface area contributed by atoms with E-state index in [0.717, 1.165) is 18.9 Å². The highest BCUT2D eigenvalue weighted by molar-refractivity contribution is 7.91. The van der Waals surface area contributed by atoms with Crippen molar-refractivity contribution in [1.29, 1.82) is 0 Å². The molecule has 2 aromatic carbocycles. The number of sulfone groups is 1. The molecule has 2 aromatic rings. The van der Waals surface area contributed by atoms with Gasteiger partial charge in [-0.05, 0) is 55.3 Å². The zero-order valence-electron chi connectivity index (χ0n) is 19.4. The van der Waals surface area contributed by atoms with Gasteiger partial charge in [0, 0.05) is 46.8 Å². The highest BCUT2D eigenvalue weighted by Crippen LogP contribution is 2.34. The predicted octanol–water partition coefficient (Wildman–Crippen LogP) is 4.54. The standard InChI is InChI=1S/C23H26Cl2F3N3O4S/c1-2-36(33,34)21-6-5-16(24)8-15(21)11-30-22(32)14-9-19(25)18(20(10-14)35-23(26,27)28)13-31-7-3-4-17(29)12-31/h5-6,8-10,17H,2-4,7,11-13,29H2,1H3,(H,30,32). The number of likely N-dealkylation sites (tertiary alicyclic amines) is 1. The lowest BCUT2D eigenvalue weighted by molar-refractivity contribution is -0.275. The third-order valence-electron chi connectivity index (χ3n) is 5.74. The first-order chi connectivity index (χ1) is 16.8. The quantitative estimate of drug-likeness (QED) is 0.485. The summed E-state index contributed by atoms with van der Waals surface area (Å²) in [6.07, 6.45) is -3.38. The maximum atomic E-state index is 13.2. The van der Waals surface area contributed by atoms with Crippen LogP contribution in [0.25, 0.3) is 0 Å². The number of benzene rings is 2. The van der Waals surface area contributed by atoms with E-state index in [1.165, 1.54) is 31.2 Å². The van der Waals surface area contributed by atoms with Gasteiger partial charge in [0.1, 0.15) is 5.75 Å². The van der Waals surface area contributed by atoms with Gasteiger partial charge in [-0.25, -0.2) is 8.42 Å². The van der Waals surface area contributed by atoms with Crippen molar-refractivity contribution in [2.24, 2.45) is 5.73 Å². The number of ether oxygens (including phenoxy) is 1. The molecule has 3 N–H and O–H groups in total. The van der Waals surface area contributed by atoms with Crippen molar-refractivity contribution >= 4 is 38.9 Å². The van der Waals surface area contributed by atoms with Crippen LogP contribution < -0.4 is 15.8 Å². The summed E-state index contributed by atoms with van der Waals surface area (Å²) in [6.45, 7) is 2.46. The fourth-order valence-electron chi connectivity index (χ4n) is 3.99. The summed E-state index contributed by atoms with van der Waals surface area (Å²) in [5.74, 6) is -1.52. The van der Waals surface area contributed by atoms with E-state index in [0.29, 0.717) is 13.1 Å². The zero-order valence-corrected chi connectivity index (χ0v) is 21.7. The van der Waals surface area contributed by atoms with Gasteiger partial charge in [-0.2, -0.15) is 0 Å². The molecule has 0 bridgehead atoms. The maximum Gasteiger partial charge on any atom is 0.573 e. The Bertz CT molecular complexity index is 1230. The molecule has 1 heterocycles. The molecule has 3 rings (SSSR count). The molecular weight excluding hydrogens is 542 g/mol. The summed E-state index contributed by atoms with van der Waals surface area (Å²) < 4.78 is 68.4. The molecule has 1 atom stereocenters. The van der Waals surface area contributed by atoms with Gasteiger partial charge < -0.3 is 15.8 Å². The molecule has 13 heteroatoms. The SMILES string of the molecule is CCS(=O)(=O)c1ccc(Cl)cc1CNC(=O)c1cc(Cl)c(CN2CCCC(N)C2)c(OC(F)(F)F)c1. The van der Waals surface area contributed by atoms with E-state index in [1.54, 1.807) is 0 Å². The number of halogens is 5. The first-order valence-corrected chi connectivity index (χ1v) is 13.6. The zero-order chi connectivity index (χ0) is 26.7. The normalized spacial score (nSPS) is 17.1. The molecule has 0 radical (unpaired) electrons. The third kappa shape index (κ3) is 7.48. The predicted molar refractivity (Wildman–Crippen MR) is 131 cm³/mol. The Balaban J connectivity index is 1.87. The largest absolute Gasteiger partial charge is 0.573 e. The van der Waals surface area contributed by atoms with Gasteiger partial charge >= 0.3 is 6.36 Å². The number of nitrogens with two attached hydrogens (primary N) is 1. The lowest BCUT2D eigenvalue weighted by atomic mass is 10.0. The second kappa shape index (κ2) is 11.6. The van der Waals surface area contributed by atoms with Crippen LogP contribution in [-0.2, 0) is 22.9 Å². The minimum absolute atomic E-state index is 0.00362. The van der Waals surface area contributed by atoms with Gasteiger partial charge in [0.2, 0.25) is 0 Å². The van der Waals surface area contributed by atoms with Crippen LogP contribution >= 0.6 is 23.2 Å². The van der Waals surface area contributed by atoms with Crippen molar-refractivity contribution in [2.45, 2.75) is 50.2 Å². The van der Waals surface area contributed by atoms with E-state index in [2.05, 4.69) is 10.1 Å². The molecule has 0 spiro atoms. The first-order valence-electron chi connectivity index (χ1n) is 11.1. The van der Waals surface area contributed by atoms with Gasteiger partial charge in [0.05, 0.1) is 10.6 Å². The number of nitrogens with one attached hydrogen (secondary N) is 1. The number of rotatable bonds is 8. The Labute approximate surface area is 217 Å². The number of amides is 1. The van der Waals surface area contributed by atoms with E-state index >= 15 is 0 Å². The van der Waals surface area contributed by atoms with Crippen LogP contribution in [0, 0.1) is 0 Å². The molecule has 36 heavy (non-hydrogen) atoms. The summed E-state index contributed by atoms with van der Waals surface area (Å²) in [4.78, 5) is 14.7. The van der Waals surface area contributed by atoms with Crippen molar-refractivity contribution < 1.29 is 31.1 Å². The van der Waals surface area contributed by atoms with Crippen LogP contribution in [0.4, 0.5) is 13.2 Å². The summed E-state index contributed by atoms with van der Waals surface area (Å²) in [5.41, 5.74) is 6.13. The fourth-order valence-corrected chi connectivity index (χ4v) is 5.57. The Morgan fingerprint density at radius 3 is 2.61 bits per heavy atom. The number of alkyl halides is 3. The van der Waals surface area contributed by atoms with Crippen molar-refractivity contribution in [1.82, 2.24) is 10.2 Å². The van der Waals surface area contributed by atoms with Gasteiger partial charge in [-0.15, -0.1) is 13.2 Å². The van der Waals surface area contributed by atoms with Crippen LogP contribution in [0.15, 0.2) is 35.2 Å². The average Bonchev–Trinajstić information content (AvgIpc) is 2.78. The number of carbonyl (C=O) groups is 1. The molecular formula is C23H26Cl2F3N3O4S. The molecule has 1 amide bonds. The van der Waals surface area contributed by atoms with Gasteiger partial charge in [0.25, 0.3) is 5.91 Å². The molecule has 0 aromatic heterocycles. The number of piperidine rings is 1. The van der Waals surface area contributed by atoms with Crippen molar-refractivity contribution in [3.8, 4) is 5.75 Å². The number of nitrogens with zero attached hydrogens (tertiary/aromatic N) is 1. The molecule has 1 fully saturated rings. The van der Waals surface area contributed by atoms with E-state index in [1.807, 2.05) is 4.90 Å². The highest BCUT2D eigenvalue weighted by Gasteiger charge is 2.33. The van der Waals surface area contributed by atoms with E-state index in [4.69, 9.17) is 28.9 Å². The topological polar surface area (TPSA) is 102 Å². The number of hydrogen-bond acceptors (Lipinski definition) is 6.